The topological polar surface area (TPSA) is 87.2 Å². The lowest BCUT2D eigenvalue weighted by molar-refractivity contribution is -0.192. The van der Waals surface area contributed by atoms with Gasteiger partial charge in [0.2, 0.25) is 5.91 Å². The van der Waals surface area contributed by atoms with E-state index in [2.05, 4.69) is 21.7 Å². The second-order valence-corrected chi connectivity index (χ2v) is 8.53. The summed E-state index contributed by atoms with van der Waals surface area (Å²) in [6, 6.07) is 2.16. The number of carboxylic acid groups (broad SMARTS) is 1. The third-order valence-corrected chi connectivity index (χ3v) is 6.36. The summed E-state index contributed by atoms with van der Waals surface area (Å²) >= 11 is 1.71. The van der Waals surface area contributed by atoms with Gasteiger partial charge in [-0.25, -0.2) is 4.79 Å². The highest BCUT2D eigenvalue weighted by Crippen LogP contribution is 2.44. The number of fused-ring (bicyclic) bond motifs is 1. The van der Waals surface area contributed by atoms with Crippen molar-refractivity contribution in [2.24, 2.45) is 11.3 Å². The van der Waals surface area contributed by atoms with Crippen LogP contribution >= 0.6 is 11.3 Å². The number of halogens is 3. The molecule has 1 amide bonds. The van der Waals surface area contributed by atoms with Gasteiger partial charge in [0.1, 0.15) is 0 Å². The largest absolute Gasteiger partial charge is 0.490 e. The molecule has 2 atom stereocenters. The third kappa shape index (κ3) is 6.42. The monoisotopic (exact) mass is 464 g/mol. The molecule has 1 aromatic heterocycles. The Labute approximate surface area is 182 Å². The van der Waals surface area contributed by atoms with Gasteiger partial charge in [0.15, 0.2) is 0 Å². The molecule has 11 heteroatoms. The molecule has 2 saturated heterocycles. The lowest BCUT2D eigenvalue weighted by Crippen LogP contribution is -2.42. The molecule has 2 aliphatic heterocycles. The van der Waals surface area contributed by atoms with Crippen LogP contribution in [-0.4, -0.2) is 71.7 Å². The summed E-state index contributed by atoms with van der Waals surface area (Å²) in [7, 11) is 0. The highest BCUT2D eigenvalue weighted by molar-refractivity contribution is 7.07. The van der Waals surface area contributed by atoms with Crippen LogP contribution in [0.4, 0.5) is 13.2 Å². The number of hydrogen-bond donors (Lipinski definition) is 1. The van der Waals surface area contributed by atoms with Crippen molar-refractivity contribution in [3.8, 4) is 0 Å². The molecule has 0 bridgehead atoms. The molecule has 0 spiro atoms. The number of likely N-dealkylation sites (tertiary alicyclic amines) is 2. The van der Waals surface area contributed by atoms with Crippen LogP contribution < -0.4 is 0 Å². The third-order valence-electron chi connectivity index (χ3n) is 5.63. The van der Waals surface area contributed by atoms with Crippen LogP contribution in [0.2, 0.25) is 0 Å². The van der Waals surface area contributed by atoms with Crippen molar-refractivity contribution in [1.82, 2.24) is 9.80 Å². The van der Waals surface area contributed by atoms with Crippen LogP contribution in [0.15, 0.2) is 16.8 Å². The van der Waals surface area contributed by atoms with E-state index in [1.165, 1.54) is 5.56 Å². The second-order valence-electron chi connectivity index (χ2n) is 7.75. The minimum absolute atomic E-state index is 0.0520. The molecule has 0 radical (unpaired) electrons. The first-order valence-corrected chi connectivity index (χ1v) is 10.9. The summed E-state index contributed by atoms with van der Waals surface area (Å²) < 4.78 is 37.2. The predicted molar refractivity (Wildman–Crippen MR) is 107 cm³/mol. The van der Waals surface area contributed by atoms with E-state index < -0.39 is 17.6 Å². The zero-order chi connectivity index (χ0) is 23.2. The predicted octanol–water partition coefficient (Wildman–Crippen LogP) is 3.01. The Hall–Kier alpha value is -2.14. The Morgan fingerprint density at radius 2 is 2.00 bits per heavy atom. The molecule has 1 aromatic rings. The molecular weight excluding hydrogens is 437 g/mol. The standard InChI is InChI=1S/C18H26N2O3S.C2HF3O2/c1-3-23-17(22)18-6-4-7-19(9-15-5-8-24-12-15)10-16(18)11-20(13-18)14(2)21;3-2(4,5)1(6)7/h5,8,12,16H,3-4,6-7,9-11,13H2,1-2H3;(H,6,7)/t16-,18-;/m0./s1. The maximum absolute atomic E-state index is 12.8. The smallest absolute Gasteiger partial charge is 0.475 e. The quantitative estimate of drug-likeness (QED) is 0.690. The fraction of sp³-hybridized carbons (Fsp3) is 0.650. The van der Waals surface area contributed by atoms with Crippen LogP contribution in [0.25, 0.3) is 0 Å². The summed E-state index contributed by atoms with van der Waals surface area (Å²) in [5, 5.41) is 11.4. The van der Waals surface area contributed by atoms with Gasteiger partial charge in [0.05, 0.1) is 12.0 Å². The number of aliphatic carboxylic acids is 1. The van der Waals surface area contributed by atoms with Crippen molar-refractivity contribution in [3.05, 3.63) is 22.4 Å². The number of ether oxygens (including phenoxy) is 1. The average molecular weight is 465 g/mol. The maximum atomic E-state index is 12.8. The molecule has 3 rings (SSSR count). The number of rotatable bonds is 4. The number of alkyl halides is 3. The van der Waals surface area contributed by atoms with Gasteiger partial charge in [0, 0.05) is 39.0 Å². The summed E-state index contributed by atoms with van der Waals surface area (Å²) in [5.74, 6) is -2.67. The average Bonchev–Trinajstić information content (AvgIpc) is 3.27. The highest BCUT2D eigenvalue weighted by Gasteiger charge is 2.54. The summed E-state index contributed by atoms with van der Waals surface area (Å²) in [6.45, 7) is 7.76. The molecule has 3 heterocycles. The van der Waals surface area contributed by atoms with Gasteiger partial charge in [-0.15, -0.1) is 0 Å². The van der Waals surface area contributed by atoms with Gasteiger partial charge < -0.3 is 14.7 Å². The van der Waals surface area contributed by atoms with Gasteiger partial charge in [-0.2, -0.15) is 24.5 Å². The first-order valence-electron chi connectivity index (χ1n) is 9.96. The van der Waals surface area contributed by atoms with E-state index in [9.17, 15) is 22.8 Å². The number of carbonyl (C=O) groups excluding carboxylic acids is 2. The van der Waals surface area contributed by atoms with Crippen LogP contribution in [-0.2, 0) is 25.7 Å². The summed E-state index contributed by atoms with van der Waals surface area (Å²) in [4.78, 5) is 37.8. The normalized spacial score (nSPS) is 23.9. The minimum atomic E-state index is -5.08. The minimum Gasteiger partial charge on any atom is -0.475 e. The zero-order valence-corrected chi connectivity index (χ0v) is 18.3. The van der Waals surface area contributed by atoms with Gasteiger partial charge >= 0.3 is 18.1 Å². The molecule has 174 valence electrons. The molecule has 0 saturated carbocycles. The molecule has 2 fully saturated rings. The second kappa shape index (κ2) is 10.4. The van der Waals surface area contributed by atoms with Crippen molar-refractivity contribution in [2.75, 3.05) is 32.8 Å². The molecule has 0 aliphatic carbocycles. The van der Waals surface area contributed by atoms with Crippen LogP contribution in [0, 0.1) is 11.3 Å². The summed E-state index contributed by atoms with van der Waals surface area (Å²) in [5.41, 5.74) is 0.801. The molecular formula is C20H27F3N2O5S. The molecule has 1 N–H and O–H groups in total. The highest BCUT2D eigenvalue weighted by atomic mass is 32.1. The Balaban J connectivity index is 0.000000423. The molecule has 2 aliphatic rings. The number of hydrogen-bond acceptors (Lipinski definition) is 6. The van der Waals surface area contributed by atoms with E-state index in [0.29, 0.717) is 19.7 Å². The lowest BCUT2D eigenvalue weighted by atomic mass is 9.75. The van der Waals surface area contributed by atoms with Crippen LogP contribution in [0.5, 0.6) is 0 Å². The molecule has 31 heavy (non-hydrogen) atoms. The van der Waals surface area contributed by atoms with Crippen molar-refractivity contribution < 1.29 is 37.4 Å². The number of carbonyl (C=O) groups is 3. The lowest BCUT2D eigenvalue weighted by Gasteiger charge is -2.31. The number of amides is 1. The van der Waals surface area contributed by atoms with E-state index in [1.54, 1.807) is 18.3 Å². The van der Waals surface area contributed by atoms with E-state index in [4.69, 9.17) is 14.6 Å². The zero-order valence-electron chi connectivity index (χ0n) is 17.5. The van der Waals surface area contributed by atoms with Crippen molar-refractivity contribution in [2.45, 2.75) is 39.4 Å². The maximum Gasteiger partial charge on any atom is 0.490 e. The fourth-order valence-electron chi connectivity index (χ4n) is 4.14. The Bertz CT molecular complexity index is 771. The van der Waals surface area contributed by atoms with E-state index in [0.717, 1.165) is 32.5 Å². The van der Waals surface area contributed by atoms with Crippen LogP contribution in [0.3, 0.4) is 0 Å². The number of nitrogens with zero attached hydrogens (tertiary/aromatic N) is 2. The van der Waals surface area contributed by atoms with Gasteiger partial charge in [-0.1, -0.05) is 0 Å². The summed E-state index contributed by atoms with van der Waals surface area (Å²) in [6.07, 6.45) is -3.31. The van der Waals surface area contributed by atoms with Gasteiger partial charge in [0.25, 0.3) is 0 Å². The van der Waals surface area contributed by atoms with Crippen molar-refractivity contribution >= 4 is 29.2 Å². The van der Waals surface area contributed by atoms with Gasteiger partial charge in [-0.3, -0.25) is 14.5 Å². The molecule has 0 unspecified atom stereocenters. The van der Waals surface area contributed by atoms with E-state index >= 15 is 0 Å². The molecule has 0 aromatic carbocycles. The number of carboxylic acids is 1. The van der Waals surface area contributed by atoms with E-state index in [1.807, 2.05) is 11.8 Å². The SMILES string of the molecule is CCOC(=O)[C@]12CCCN(Cc3ccsc3)C[C@H]1CN(C(C)=O)C2.O=C(O)C(F)(F)F. The van der Waals surface area contributed by atoms with Gasteiger partial charge in [-0.05, 0) is 48.7 Å². The molecule has 7 nitrogen and oxygen atoms in total. The Kier molecular flexibility index (Phi) is 8.47. The van der Waals surface area contributed by atoms with Crippen molar-refractivity contribution in [3.63, 3.8) is 0 Å². The van der Waals surface area contributed by atoms with Crippen molar-refractivity contribution in [1.29, 1.82) is 0 Å². The number of esters is 1. The number of thiophene rings is 1. The first-order chi connectivity index (χ1) is 14.5. The Morgan fingerprint density at radius 1 is 1.32 bits per heavy atom. The van der Waals surface area contributed by atoms with E-state index in [-0.39, 0.29) is 17.8 Å². The first kappa shape index (κ1) is 25.1. The van der Waals surface area contributed by atoms with Crippen LogP contribution in [0.1, 0.15) is 32.3 Å². The Morgan fingerprint density at radius 3 is 2.52 bits per heavy atom. The fourth-order valence-corrected chi connectivity index (χ4v) is 4.80.